The van der Waals surface area contributed by atoms with Crippen molar-refractivity contribution in [1.29, 1.82) is 0 Å². The molecule has 1 N–H and O–H groups in total. The van der Waals surface area contributed by atoms with Gasteiger partial charge in [0.25, 0.3) is 0 Å². The Morgan fingerprint density at radius 2 is 1.88 bits per heavy atom. The summed E-state index contributed by atoms with van der Waals surface area (Å²) in [5.74, 6) is -0.0399. The number of nitrogens with one attached hydrogen (secondary N) is 1. The molecule has 0 aliphatic carbocycles. The Bertz CT molecular complexity index is 817. The molecule has 1 heterocycles. The summed E-state index contributed by atoms with van der Waals surface area (Å²) in [6.07, 6.45) is 1.77. The molecule has 0 radical (unpaired) electrons. The number of carbonyl (C=O) groups is 1. The predicted octanol–water partition coefficient (Wildman–Crippen LogP) is 4.20. The van der Waals surface area contributed by atoms with Gasteiger partial charge in [0.1, 0.15) is 0 Å². The van der Waals surface area contributed by atoms with Gasteiger partial charge in [0.2, 0.25) is 5.91 Å². The minimum atomic E-state index is -0.231. The van der Waals surface area contributed by atoms with Crippen molar-refractivity contribution in [2.24, 2.45) is 5.29 Å². The zero-order valence-electron chi connectivity index (χ0n) is 15.6. The Kier molecular flexibility index (Phi) is 5.07. The van der Waals surface area contributed by atoms with Crippen LogP contribution in [0, 0.1) is 4.91 Å². The molecule has 0 aromatic heterocycles. The van der Waals surface area contributed by atoms with Gasteiger partial charge in [-0.05, 0) is 47.2 Å². The minimum Gasteiger partial charge on any atom is -0.356 e. The van der Waals surface area contributed by atoms with Gasteiger partial charge in [-0.3, -0.25) is 4.79 Å². The van der Waals surface area contributed by atoms with E-state index in [-0.39, 0.29) is 11.3 Å². The van der Waals surface area contributed by atoms with Crippen LogP contribution >= 0.6 is 0 Å². The van der Waals surface area contributed by atoms with Crippen molar-refractivity contribution < 1.29 is 4.79 Å². The number of anilines is 1. The minimum absolute atomic E-state index is 0.0399. The Morgan fingerprint density at radius 3 is 2.50 bits per heavy atom. The van der Waals surface area contributed by atoms with Crippen LogP contribution < -0.4 is 10.3 Å². The van der Waals surface area contributed by atoms with Crippen molar-refractivity contribution in [3.8, 4) is 11.1 Å². The van der Waals surface area contributed by atoms with E-state index in [4.69, 9.17) is 0 Å². The summed E-state index contributed by atoms with van der Waals surface area (Å²) in [5, 5.41) is 7.56. The fraction of sp³-hybridized carbons (Fsp3) is 0.381. The number of hydrogen-bond donors (Lipinski definition) is 1. The lowest BCUT2D eigenvalue weighted by Crippen LogP contribution is -2.33. The second kappa shape index (κ2) is 7.28. The van der Waals surface area contributed by atoms with E-state index in [2.05, 4.69) is 54.8 Å². The molecule has 5 nitrogen and oxygen atoms in total. The highest BCUT2D eigenvalue weighted by Gasteiger charge is 2.39. The first-order valence-electron chi connectivity index (χ1n) is 9.06. The van der Waals surface area contributed by atoms with E-state index < -0.39 is 0 Å². The third-order valence-electron chi connectivity index (χ3n) is 5.27. The summed E-state index contributed by atoms with van der Waals surface area (Å²) in [6, 6.07) is 14.8. The molecule has 0 saturated heterocycles. The van der Waals surface area contributed by atoms with Gasteiger partial charge in [-0.15, -0.1) is 4.91 Å². The molecule has 0 fully saturated rings. The van der Waals surface area contributed by atoms with Gasteiger partial charge in [-0.25, -0.2) is 5.01 Å². The largest absolute Gasteiger partial charge is 0.356 e. The maximum Gasteiger partial charge on any atom is 0.216 e. The first kappa shape index (κ1) is 18.1. The van der Waals surface area contributed by atoms with E-state index in [1.165, 1.54) is 17.5 Å². The molecule has 3 rings (SSSR count). The molecule has 1 unspecified atom stereocenters. The van der Waals surface area contributed by atoms with Crippen molar-refractivity contribution >= 4 is 11.6 Å². The van der Waals surface area contributed by atoms with E-state index in [0.717, 1.165) is 35.2 Å². The lowest BCUT2D eigenvalue weighted by atomic mass is 9.80. The molecule has 2 aromatic rings. The number of rotatable bonds is 6. The number of aryl methyl sites for hydroxylation is 1. The molecule has 5 heteroatoms. The first-order valence-corrected chi connectivity index (χ1v) is 9.06. The molecular weight excluding hydrogens is 326 g/mol. The molecule has 1 atom stereocenters. The summed E-state index contributed by atoms with van der Waals surface area (Å²) in [6.45, 7) is 6.90. The van der Waals surface area contributed by atoms with E-state index >= 15 is 0 Å². The molecule has 2 aromatic carbocycles. The molecule has 0 spiro atoms. The standard InChI is InChI=1S/C21H25N3O2/c1-4-16-5-7-17(8-6-16)18-9-10-20-19(13-18)21(3,14-24(20)23-26)11-12-22-15(2)25/h5-10,13H,4,11-12,14H2,1-3H3,(H,22,25). The van der Waals surface area contributed by atoms with Gasteiger partial charge in [0.05, 0.1) is 17.5 Å². The van der Waals surface area contributed by atoms with Crippen LogP contribution in [0.5, 0.6) is 0 Å². The smallest absolute Gasteiger partial charge is 0.216 e. The lowest BCUT2D eigenvalue weighted by Gasteiger charge is -2.24. The van der Waals surface area contributed by atoms with Crippen LogP contribution in [-0.4, -0.2) is 19.0 Å². The van der Waals surface area contributed by atoms with Crippen LogP contribution in [0.3, 0.4) is 0 Å². The first-order chi connectivity index (χ1) is 12.5. The SMILES string of the molecule is CCc1ccc(-c2ccc3c(c2)C(C)(CCNC(C)=O)CN3N=O)cc1. The third kappa shape index (κ3) is 3.47. The molecule has 1 aliphatic rings. The number of fused-ring (bicyclic) bond motifs is 1. The average molecular weight is 351 g/mol. The van der Waals surface area contributed by atoms with Crippen molar-refractivity contribution in [3.63, 3.8) is 0 Å². The van der Waals surface area contributed by atoms with Crippen molar-refractivity contribution in [1.82, 2.24) is 5.32 Å². The Hall–Kier alpha value is -2.69. The molecule has 0 saturated carbocycles. The second-order valence-corrected chi connectivity index (χ2v) is 7.22. The van der Waals surface area contributed by atoms with Crippen LogP contribution in [0.1, 0.15) is 38.3 Å². The Labute approximate surface area is 154 Å². The Balaban J connectivity index is 1.94. The van der Waals surface area contributed by atoms with Crippen LogP contribution in [0.2, 0.25) is 0 Å². The highest BCUT2D eigenvalue weighted by atomic mass is 16.3. The summed E-state index contributed by atoms with van der Waals surface area (Å²) in [7, 11) is 0. The molecular formula is C21H25N3O2. The maximum atomic E-state index is 11.3. The zero-order valence-corrected chi connectivity index (χ0v) is 15.6. The van der Waals surface area contributed by atoms with E-state index in [1.54, 1.807) is 0 Å². The van der Waals surface area contributed by atoms with Crippen molar-refractivity contribution in [3.05, 3.63) is 58.5 Å². The monoisotopic (exact) mass is 351 g/mol. The summed E-state index contributed by atoms with van der Waals surface area (Å²) >= 11 is 0. The van der Waals surface area contributed by atoms with E-state index in [1.807, 2.05) is 12.1 Å². The number of hydrogen-bond acceptors (Lipinski definition) is 3. The highest BCUT2D eigenvalue weighted by Crippen LogP contribution is 2.44. The van der Waals surface area contributed by atoms with E-state index in [0.29, 0.717) is 13.1 Å². The van der Waals surface area contributed by atoms with Crippen LogP contribution in [0.15, 0.2) is 47.8 Å². The lowest BCUT2D eigenvalue weighted by molar-refractivity contribution is -0.119. The molecule has 1 amide bonds. The molecule has 0 bridgehead atoms. The predicted molar refractivity (Wildman–Crippen MR) is 105 cm³/mol. The van der Waals surface area contributed by atoms with Gasteiger partial charge >= 0.3 is 0 Å². The van der Waals surface area contributed by atoms with Gasteiger partial charge in [-0.1, -0.05) is 44.2 Å². The number of carbonyl (C=O) groups excluding carboxylic acids is 1. The quantitative estimate of drug-likeness (QED) is 0.793. The number of nitroso groups, excluding NO2 is 1. The fourth-order valence-electron chi connectivity index (χ4n) is 3.66. The average Bonchev–Trinajstić information content (AvgIpc) is 2.93. The number of amides is 1. The Morgan fingerprint density at radius 1 is 1.19 bits per heavy atom. The molecule has 136 valence electrons. The topological polar surface area (TPSA) is 61.8 Å². The van der Waals surface area contributed by atoms with E-state index in [9.17, 15) is 9.70 Å². The van der Waals surface area contributed by atoms with Crippen LogP contribution in [-0.2, 0) is 16.6 Å². The van der Waals surface area contributed by atoms with Gasteiger partial charge in [0, 0.05) is 18.9 Å². The second-order valence-electron chi connectivity index (χ2n) is 7.22. The van der Waals surface area contributed by atoms with Crippen molar-refractivity contribution in [2.45, 2.75) is 39.0 Å². The third-order valence-corrected chi connectivity index (χ3v) is 5.27. The zero-order chi connectivity index (χ0) is 18.7. The molecule has 26 heavy (non-hydrogen) atoms. The summed E-state index contributed by atoms with van der Waals surface area (Å²) in [5.41, 5.74) is 5.34. The summed E-state index contributed by atoms with van der Waals surface area (Å²) in [4.78, 5) is 22.5. The van der Waals surface area contributed by atoms with Gasteiger partial charge in [0.15, 0.2) is 0 Å². The van der Waals surface area contributed by atoms with Crippen molar-refractivity contribution in [2.75, 3.05) is 18.1 Å². The normalized spacial score (nSPS) is 18.5. The molecule has 1 aliphatic heterocycles. The highest BCUT2D eigenvalue weighted by molar-refractivity contribution is 5.73. The number of benzene rings is 2. The van der Waals surface area contributed by atoms with Crippen LogP contribution in [0.4, 0.5) is 5.69 Å². The van der Waals surface area contributed by atoms with Gasteiger partial charge < -0.3 is 5.32 Å². The van der Waals surface area contributed by atoms with Crippen LogP contribution in [0.25, 0.3) is 11.1 Å². The fourth-order valence-corrected chi connectivity index (χ4v) is 3.66. The summed E-state index contributed by atoms with van der Waals surface area (Å²) < 4.78 is 0. The maximum absolute atomic E-state index is 11.3. The van der Waals surface area contributed by atoms with Gasteiger partial charge in [-0.2, -0.15) is 0 Å². The number of nitrogens with zero attached hydrogens (tertiary/aromatic N) is 2.